The molecule has 18 heteroatoms. The molecule has 53 heavy (non-hydrogen) atoms. The minimum atomic E-state index is -5.17. The van der Waals surface area contributed by atoms with E-state index in [1.54, 1.807) is 6.07 Å². The van der Waals surface area contributed by atoms with Crippen LogP contribution in [-0.2, 0) is 18.6 Å². The third kappa shape index (κ3) is 12.1. The molecule has 2 aliphatic heterocycles. The Labute approximate surface area is 309 Å². The van der Waals surface area contributed by atoms with Gasteiger partial charge in [0.05, 0.1) is 12.7 Å². The quantitative estimate of drug-likeness (QED) is 0.0634. The normalized spacial score (nSPS) is 26.0. The number of nitrogens with one attached hydrogen (secondary N) is 2. The molecule has 17 nitrogen and oxygen atoms in total. The van der Waals surface area contributed by atoms with Gasteiger partial charge in [0.25, 0.3) is 5.56 Å². The number of phosphoric acid groups is 1. The molecule has 0 spiro atoms. The first kappa shape index (κ1) is 43.0. The van der Waals surface area contributed by atoms with Gasteiger partial charge in [-0.15, -0.1) is 0 Å². The number of aryl methyl sites for hydroxylation is 1. The number of hydrogen-bond donors (Lipinski definition) is 7. The average molecular weight is 772 g/mol. The third-order valence-electron chi connectivity index (χ3n) is 10.2. The lowest BCUT2D eigenvalue weighted by molar-refractivity contribution is -0.157. The maximum Gasteiger partial charge on any atom is 0.469 e. The minimum Gasteiger partial charge on any atom is -0.393 e. The van der Waals surface area contributed by atoms with Crippen molar-refractivity contribution < 1.29 is 43.7 Å². The molecule has 2 saturated heterocycles. The van der Waals surface area contributed by atoms with Crippen LogP contribution >= 0.6 is 7.82 Å². The van der Waals surface area contributed by atoms with E-state index in [0.29, 0.717) is 12.4 Å². The Kier molecular flexibility index (Phi) is 16.4. The van der Waals surface area contributed by atoms with E-state index >= 15 is 0 Å². The highest BCUT2D eigenvalue weighted by Crippen LogP contribution is 2.50. The van der Waals surface area contributed by atoms with E-state index in [4.69, 9.17) is 14.0 Å². The molecule has 7 unspecified atom stereocenters. The summed E-state index contributed by atoms with van der Waals surface area (Å²) < 4.78 is 30.8. The number of nitrogens with zero attached hydrogens (tertiary/aromatic N) is 3. The van der Waals surface area contributed by atoms with Crippen LogP contribution < -0.4 is 22.3 Å². The Morgan fingerprint density at radius 1 is 0.962 bits per heavy atom. The van der Waals surface area contributed by atoms with Crippen LogP contribution in [0.1, 0.15) is 128 Å². The Balaban J connectivity index is 1.28. The maximum atomic E-state index is 13.0. The largest absolute Gasteiger partial charge is 0.469 e. The molecule has 4 heterocycles. The Morgan fingerprint density at radius 3 is 2.13 bits per heavy atom. The van der Waals surface area contributed by atoms with Crippen LogP contribution in [0.4, 0.5) is 5.82 Å². The fourth-order valence-corrected chi connectivity index (χ4v) is 7.77. The molecule has 4 rings (SSSR count). The Morgan fingerprint density at radius 2 is 1.57 bits per heavy atom. The van der Waals surface area contributed by atoms with E-state index in [0.717, 1.165) is 28.4 Å². The Bertz CT molecular complexity index is 1660. The average Bonchev–Trinajstić information content (AvgIpc) is 3.59. The summed E-state index contributed by atoms with van der Waals surface area (Å²) in [6, 6.07) is 1.55. The van der Waals surface area contributed by atoms with Crippen LogP contribution in [0.5, 0.6) is 0 Å². The highest BCUT2D eigenvalue weighted by atomic mass is 31.2. The fourth-order valence-electron chi connectivity index (χ4n) is 7.16. The van der Waals surface area contributed by atoms with E-state index in [2.05, 4.69) is 22.2 Å². The summed E-state index contributed by atoms with van der Waals surface area (Å²) in [5, 5.41) is 35.5. The van der Waals surface area contributed by atoms with Crippen LogP contribution in [0.3, 0.4) is 0 Å². The van der Waals surface area contributed by atoms with Gasteiger partial charge in [-0.3, -0.25) is 23.4 Å². The van der Waals surface area contributed by atoms with Crippen molar-refractivity contribution in [1.82, 2.24) is 19.1 Å². The molecule has 7 atom stereocenters. The molecule has 300 valence electrons. The first-order valence-corrected chi connectivity index (χ1v) is 20.5. The smallest absolute Gasteiger partial charge is 0.393 e. The molecule has 0 aliphatic carbocycles. The second kappa shape index (κ2) is 20.3. The van der Waals surface area contributed by atoms with Gasteiger partial charge in [0.2, 0.25) is 0 Å². The fraction of sp³-hybridized carbons (Fsp3) is 0.771. The van der Waals surface area contributed by atoms with Crippen molar-refractivity contribution in [2.75, 3.05) is 18.5 Å². The number of aliphatic hydroxyl groups is 3. The maximum absolute atomic E-state index is 13.0. The first-order valence-electron chi connectivity index (χ1n) is 19.0. The molecule has 7 N–H and O–H groups in total. The number of anilines is 1. The third-order valence-corrected chi connectivity index (χ3v) is 10.7. The SMILES string of the molecule is CCCCCCCCCCCCCCCCNc1ccn(C2OC(CC3(CO)OC(n4cc(C)c(=O)[nH]c4=O)CC3OP(=O)(O)O)C(O)C2O)c(=O)n1. The van der Waals surface area contributed by atoms with Crippen molar-refractivity contribution in [3.8, 4) is 0 Å². The van der Waals surface area contributed by atoms with Gasteiger partial charge >= 0.3 is 19.2 Å². The number of aliphatic hydroxyl groups excluding tert-OH is 3. The van der Waals surface area contributed by atoms with Crippen molar-refractivity contribution in [3.63, 3.8) is 0 Å². The molecular weight excluding hydrogens is 713 g/mol. The summed E-state index contributed by atoms with van der Waals surface area (Å²) in [7, 11) is -5.17. The number of aromatic nitrogens is 4. The van der Waals surface area contributed by atoms with Crippen molar-refractivity contribution in [3.05, 3.63) is 55.3 Å². The monoisotopic (exact) mass is 771 g/mol. The summed E-state index contributed by atoms with van der Waals surface area (Å²) in [5.41, 5.74) is -4.07. The van der Waals surface area contributed by atoms with E-state index in [9.17, 15) is 44.1 Å². The van der Waals surface area contributed by atoms with Gasteiger partial charge in [-0.05, 0) is 19.4 Å². The molecule has 0 bridgehead atoms. The van der Waals surface area contributed by atoms with Crippen molar-refractivity contribution in [2.24, 2.45) is 0 Å². The highest BCUT2D eigenvalue weighted by Gasteiger charge is 2.56. The van der Waals surface area contributed by atoms with E-state index in [-0.39, 0.29) is 12.0 Å². The number of unbranched alkanes of at least 4 members (excludes halogenated alkanes) is 13. The summed E-state index contributed by atoms with van der Waals surface area (Å²) in [5.74, 6) is 0.348. The summed E-state index contributed by atoms with van der Waals surface area (Å²) in [6.07, 6.45) is 10.6. The van der Waals surface area contributed by atoms with Crippen molar-refractivity contribution in [2.45, 2.75) is 159 Å². The number of phosphoric ester groups is 1. The van der Waals surface area contributed by atoms with Crippen molar-refractivity contribution >= 4 is 13.6 Å². The van der Waals surface area contributed by atoms with Gasteiger partial charge in [0, 0.05) is 37.3 Å². The van der Waals surface area contributed by atoms with Gasteiger partial charge < -0.3 is 39.9 Å². The van der Waals surface area contributed by atoms with Gasteiger partial charge in [-0.1, -0.05) is 90.4 Å². The summed E-state index contributed by atoms with van der Waals surface area (Å²) >= 11 is 0. The zero-order chi connectivity index (χ0) is 38.6. The molecular formula is C35H58N5O12P. The number of H-pyrrole nitrogens is 1. The van der Waals surface area contributed by atoms with Gasteiger partial charge in [0.1, 0.15) is 36.0 Å². The predicted octanol–water partition coefficient (Wildman–Crippen LogP) is 3.13. The molecule has 2 aromatic heterocycles. The second-order valence-electron chi connectivity index (χ2n) is 14.4. The van der Waals surface area contributed by atoms with Gasteiger partial charge in [-0.25, -0.2) is 14.2 Å². The Hall–Kier alpha value is -2.73. The molecule has 0 radical (unpaired) electrons. The standard InChI is InChI=1S/C35H58N5O12P/c1-3-4-5-6-7-8-9-10-11-12-13-14-15-16-18-36-27-17-19-39(33(45)37-27)32-30(43)29(42)25(50-32)21-35(23-41)26(52-53(47,48)49)20-28(51-35)40-22-24(2)31(44)38-34(40)46/h17,19,22,25-26,28-30,32,41-43H,3-16,18,20-21,23H2,1-2H3,(H,36,37,45)(H,38,44,46)(H2,47,48,49). The number of ether oxygens (including phenoxy) is 2. The number of aromatic amines is 1. The van der Waals surface area contributed by atoms with Crippen LogP contribution in [-0.4, -0.2) is 87.4 Å². The lowest BCUT2D eigenvalue weighted by Gasteiger charge is -2.35. The second-order valence-corrected chi connectivity index (χ2v) is 15.6. The molecule has 2 fully saturated rings. The molecule has 0 saturated carbocycles. The van der Waals surface area contributed by atoms with E-state index < -0.39 is 80.3 Å². The van der Waals surface area contributed by atoms with Crippen molar-refractivity contribution in [1.29, 1.82) is 0 Å². The molecule has 0 aromatic carbocycles. The molecule has 0 amide bonds. The lowest BCUT2D eigenvalue weighted by Crippen LogP contribution is -2.49. The van der Waals surface area contributed by atoms with E-state index in [1.165, 1.54) is 89.9 Å². The number of rotatable bonds is 23. The van der Waals surface area contributed by atoms with Crippen LogP contribution in [0.15, 0.2) is 32.8 Å². The molecule has 2 aromatic rings. The van der Waals surface area contributed by atoms with Crippen LogP contribution in [0.25, 0.3) is 0 Å². The van der Waals surface area contributed by atoms with E-state index in [1.807, 2.05) is 0 Å². The minimum absolute atomic E-state index is 0.151. The highest BCUT2D eigenvalue weighted by molar-refractivity contribution is 7.46. The lowest BCUT2D eigenvalue weighted by atomic mass is 9.89. The first-order chi connectivity index (χ1) is 25.3. The van der Waals surface area contributed by atoms with Gasteiger partial charge in [-0.2, -0.15) is 4.98 Å². The summed E-state index contributed by atoms with van der Waals surface area (Å²) in [4.78, 5) is 62.9. The van der Waals surface area contributed by atoms with Crippen LogP contribution in [0.2, 0.25) is 0 Å². The predicted molar refractivity (Wildman–Crippen MR) is 195 cm³/mol. The van der Waals surface area contributed by atoms with Crippen LogP contribution in [0, 0.1) is 6.92 Å². The zero-order valence-electron chi connectivity index (χ0n) is 30.8. The molecule has 2 aliphatic rings. The zero-order valence-corrected chi connectivity index (χ0v) is 31.7. The summed E-state index contributed by atoms with van der Waals surface area (Å²) in [6.45, 7) is 3.41. The number of hydrogen-bond acceptors (Lipinski definition) is 12. The van der Waals surface area contributed by atoms with Gasteiger partial charge in [0.15, 0.2) is 6.23 Å². The topological polar surface area (TPSA) is 248 Å².